The van der Waals surface area contributed by atoms with Crippen LogP contribution in [-0.4, -0.2) is 0 Å². The number of furan rings is 1. The second kappa shape index (κ2) is 8.55. The fourth-order valence-corrected chi connectivity index (χ4v) is 6.55. The van der Waals surface area contributed by atoms with Gasteiger partial charge in [-0.2, -0.15) is 0 Å². The third-order valence-electron chi connectivity index (χ3n) is 8.30. The van der Waals surface area contributed by atoms with Gasteiger partial charge in [0, 0.05) is 16.2 Å². The van der Waals surface area contributed by atoms with E-state index in [2.05, 4.69) is 72.8 Å². The zero-order valence-corrected chi connectivity index (χ0v) is 21.9. The summed E-state index contributed by atoms with van der Waals surface area (Å²) in [6.45, 7) is 0. The summed E-state index contributed by atoms with van der Waals surface area (Å²) in [5, 5.41) is 10.1. The molecule has 0 amide bonds. The highest BCUT2D eigenvalue weighted by molar-refractivity contribution is 6.28. The Morgan fingerprint density at radius 3 is 2.00 bits per heavy atom. The van der Waals surface area contributed by atoms with E-state index < -0.39 is 6.04 Å². The molecule has 1 aromatic heterocycles. The Hall–Kier alpha value is -5.40. The van der Waals surface area contributed by atoms with Crippen molar-refractivity contribution in [1.82, 2.24) is 0 Å². The Balaban J connectivity index is 1.53. The van der Waals surface area contributed by atoms with Crippen molar-refractivity contribution in [2.75, 3.05) is 0 Å². The maximum Gasteiger partial charge on any atom is 0.143 e. The van der Waals surface area contributed by atoms with Crippen LogP contribution in [0.4, 0.5) is 0 Å². The van der Waals surface area contributed by atoms with Crippen LogP contribution in [0.3, 0.4) is 0 Å². The average molecular weight is 526 g/mol. The van der Waals surface area contributed by atoms with E-state index in [1.807, 2.05) is 42.5 Å². The molecular weight excluding hydrogens is 496 g/mol. The Labute approximate surface area is 243 Å². The lowest BCUT2D eigenvalue weighted by molar-refractivity contribution is 0.673. The predicted molar refractivity (Wildman–Crippen MR) is 175 cm³/mol. The lowest BCUT2D eigenvalue weighted by Gasteiger charge is -2.15. The van der Waals surface area contributed by atoms with Gasteiger partial charge in [0.05, 0.1) is 6.85 Å². The normalized spacial score (nSPS) is 13.6. The third kappa shape index (κ3) is 3.24. The van der Waals surface area contributed by atoms with Crippen LogP contribution in [0.2, 0.25) is 0 Å². The second-order valence-electron chi connectivity index (χ2n) is 10.5. The standard InChI is InChI=1S/C40H24O/c1-2-11-25(12-3-1)34-23-28-15-6-9-18-31(28)40-39(34)38-33(19-10-20-36(38)41-40)37-30-17-8-5-14-27(30)24-35-29-16-7-4-13-26(29)21-22-32(35)37/h1-24H/i1D,2D,3D,11D,12D. The van der Waals surface area contributed by atoms with Crippen LogP contribution < -0.4 is 0 Å². The van der Waals surface area contributed by atoms with Crippen LogP contribution in [0.5, 0.6) is 0 Å². The molecule has 1 heteroatoms. The molecule has 0 aliphatic carbocycles. The summed E-state index contributed by atoms with van der Waals surface area (Å²) < 4.78 is 49.7. The first-order valence-corrected chi connectivity index (χ1v) is 13.7. The SMILES string of the molecule is [2H]c1c([2H])c([2H])c(-c2cc3ccccc3c3oc4cccc(-c5c6ccccc6cc6c5ccc5ccccc56)c4c23)c([2H])c1[2H]. The summed E-state index contributed by atoms with van der Waals surface area (Å²) in [6, 6.07) is 37.6. The monoisotopic (exact) mass is 525 g/mol. The van der Waals surface area contributed by atoms with E-state index >= 15 is 0 Å². The molecule has 9 rings (SSSR count). The molecule has 41 heavy (non-hydrogen) atoms. The van der Waals surface area contributed by atoms with Crippen LogP contribution >= 0.6 is 0 Å². The molecule has 1 heterocycles. The van der Waals surface area contributed by atoms with Crippen molar-refractivity contribution in [2.24, 2.45) is 0 Å². The predicted octanol–water partition coefficient (Wildman–Crippen LogP) is 11.5. The molecule has 0 spiro atoms. The van der Waals surface area contributed by atoms with E-state index in [4.69, 9.17) is 11.3 Å². The maximum absolute atomic E-state index is 8.92. The highest BCUT2D eigenvalue weighted by Crippen LogP contribution is 2.47. The zero-order chi connectivity index (χ0) is 31.3. The zero-order valence-electron chi connectivity index (χ0n) is 26.9. The van der Waals surface area contributed by atoms with Gasteiger partial charge in [-0.1, -0.05) is 127 Å². The minimum Gasteiger partial charge on any atom is -0.455 e. The second-order valence-corrected chi connectivity index (χ2v) is 10.5. The summed E-state index contributed by atoms with van der Waals surface area (Å²) in [5.41, 5.74) is 4.01. The van der Waals surface area contributed by atoms with Gasteiger partial charge in [-0.25, -0.2) is 0 Å². The molecule has 8 aromatic carbocycles. The highest BCUT2D eigenvalue weighted by Gasteiger charge is 2.21. The summed E-state index contributed by atoms with van der Waals surface area (Å²) >= 11 is 0. The van der Waals surface area contributed by atoms with E-state index in [0.29, 0.717) is 16.7 Å². The van der Waals surface area contributed by atoms with Crippen molar-refractivity contribution in [3.05, 3.63) is 145 Å². The molecule has 1 nitrogen and oxygen atoms in total. The fraction of sp³-hybridized carbons (Fsp3) is 0. The van der Waals surface area contributed by atoms with Crippen molar-refractivity contribution >= 4 is 65.0 Å². The van der Waals surface area contributed by atoms with Gasteiger partial charge < -0.3 is 4.42 Å². The lowest BCUT2D eigenvalue weighted by Crippen LogP contribution is -1.89. The Bertz CT molecular complexity index is 2730. The van der Waals surface area contributed by atoms with E-state index in [0.717, 1.165) is 59.6 Å². The van der Waals surface area contributed by atoms with Gasteiger partial charge in [0.2, 0.25) is 0 Å². The molecular formula is C40H24O. The van der Waals surface area contributed by atoms with E-state index in [-0.39, 0.29) is 29.7 Å². The quantitative estimate of drug-likeness (QED) is 0.162. The van der Waals surface area contributed by atoms with Gasteiger partial charge in [-0.3, -0.25) is 0 Å². The molecule has 190 valence electrons. The van der Waals surface area contributed by atoms with Crippen LogP contribution in [0.15, 0.2) is 150 Å². The molecule has 0 radical (unpaired) electrons. The molecule has 0 N–H and O–H groups in total. The van der Waals surface area contributed by atoms with Gasteiger partial charge in [0.25, 0.3) is 0 Å². The molecule has 0 saturated heterocycles. The Morgan fingerprint density at radius 1 is 0.463 bits per heavy atom. The van der Waals surface area contributed by atoms with Gasteiger partial charge in [-0.05, 0) is 78.2 Å². The number of fused-ring (bicyclic) bond motifs is 9. The van der Waals surface area contributed by atoms with Crippen LogP contribution in [-0.2, 0) is 0 Å². The first kappa shape index (κ1) is 18.0. The van der Waals surface area contributed by atoms with Gasteiger partial charge in [0.15, 0.2) is 0 Å². The summed E-state index contributed by atoms with van der Waals surface area (Å²) in [7, 11) is 0. The smallest absolute Gasteiger partial charge is 0.143 e. The van der Waals surface area contributed by atoms with Crippen LogP contribution in [0, 0.1) is 0 Å². The average Bonchev–Trinajstić information content (AvgIpc) is 3.49. The largest absolute Gasteiger partial charge is 0.455 e. The third-order valence-corrected chi connectivity index (χ3v) is 8.30. The minimum atomic E-state index is -0.414. The fourth-order valence-electron chi connectivity index (χ4n) is 6.55. The first-order valence-electron chi connectivity index (χ1n) is 16.2. The molecule has 0 aliphatic rings. The molecule has 0 aliphatic heterocycles. The highest BCUT2D eigenvalue weighted by atomic mass is 16.3. The number of benzene rings is 8. The summed E-state index contributed by atoms with van der Waals surface area (Å²) in [4.78, 5) is 0. The Kier molecular flexibility index (Phi) is 3.76. The van der Waals surface area contributed by atoms with E-state index in [1.54, 1.807) is 0 Å². The van der Waals surface area contributed by atoms with Crippen molar-refractivity contribution < 1.29 is 11.3 Å². The molecule has 0 atom stereocenters. The number of hydrogen-bond donors (Lipinski definition) is 0. The van der Waals surface area contributed by atoms with Crippen molar-refractivity contribution in [1.29, 1.82) is 0 Å². The minimum absolute atomic E-state index is 0.160. The summed E-state index contributed by atoms with van der Waals surface area (Å²) in [6.07, 6.45) is 0. The van der Waals surface area contributed by atoms with Gasteiger partial charge in [-0.15, -0.1) is 0 Å². The number of hydrogen-bond acceptors (Lipinski definition) is 1. The van der Waals surface area contributed by atoms with E-state index in [9.17, 15) is 0 Å². The molecule has 0 unspecified atom stereocenters. The maximum atomic E-state index is 8.92. The Morgan fingerprint density at radius 2 is 1.17 bits per heavy atom. The lowest BCUT2D eigenvalue weighted by atomic mass is 9.87. The van der Waals surface area contributed by atoms with Crippen molar-refractivity contribution in [3.63, 3.8) is 0 Å². The first-order chi connectivity index (χ1) is 22.4. The molecule has 0 bridgehead atoms. The summed E-state index contributed by atoms with van der Waals surface area (Å²) in [5.74, 6) is 0. The van der Waals surface area contributed by atoms with Crippen LogP contribution in [0.25, 0.3) is 87.3 Å². The molecule has 9 aromatic rings. The van der Waals surface area contributed by atoms with Crippen molar-refractivity contribution in [2.45, 2.75) is 0 Å². The topological polar surface area (TPSA) is 13.1 Å². The van der Waals surface area contributed by atoms with E-state index in [1.165, 1.54) is 5.39 Å². The van der Waals surface area contributed by atoms with Gasteiger partial charge >= 0.3 is 0 Å². The number of rotatable bonds is 2. The van der Waals surface area contributed by atoms with Gasteiger partial charge in [0.1, 0.15) is 11.2 Å². The van der Waals surface area contributed by atoms with Crippen LogP contribution in [0.1, 0.15) is 6.85 Å². The molecule has 0 saturated carbocycles. The van der Waals surface area contributed by atoms with Crippen molar-refractivity contribution in [3.8, 4) is 22.3 Å². The molecule has 0 fully saturated rings.